The van der Waals surface area contributed by atoms with Crippen molar-refractivity contribution >= 4 is 17.3 Å². The predicted octanol–water partition coefficient (Wildman–Crippen LogP) is 6.22. The number of nitrogens with zero attached hydrogens (tertiary/aromatic N) is 1. The first kappa shape index (κ1) is 24.5. The Labute approximate surface area is 184 Å². The molecule has 4 nitrogen and oxygen atoms in total. The van der Waals surface area contributed by atoms with Crippen LogP contribution in [0.3, 0.4) is 0 Å². The number of carbonyl (C=O) groups is 1. The van der Waals surface area contributed by atoms with E-state index in [9.17, 15) is 35.5 Å². The van der Waals surface area contributed by atoms with Gasteiger partial charge < -0.3 is 10.5 Å². The van der Waals surface area contributed by atoms with Gasteiger partial charge in [0.05, 0.1) is 5.71 Å². The highest BCUT2D eigenvalue weighted by Gasteiger charge is 2.73. The summed E-state index contributed by atoms with van der Waals surface area (Å²) >= 11 is 0. The lowest BCUT2D eigenvalue weighted by Crippen LogP contribution is -2.50. The zero-order chi connectivity index (χ0) is 24.8. The number of fused-ring (bicyclic) bond motifs is 1. The summed E-state index contributed by atoms with van der Waals surface area (Å²) in [5.74, 6) is -0.643. The highest BCUT2D eigenvalue weighted by atomic mass is 19.4. The fourth-order valence-corrected chi connectivity index (χ4v) is 3.91. The van der Waals surface area contributed by atoms with Crippen molar-refractivity contribution in [3.63, 3.8) is 0 Å². The summed E-state index contributed by atoms with van der Waals surface area (Å²) in [5, 5.41) is 14.7. The van der Waals surface area contributed by atoms with Crippen molar-refractivity contribution in [2.45, 2.75) is 51.1 Å². The number of amides is 1. The molecule has 0 heterocycles. The Hall–Kier alpha value is -3.11. The van der Waals surface area contributed by atoms with Crippen molar-refractivity contribution in [2.75, 3.05) is 5.32 Å². The van der Waals surface area contributed by atoms with Crippen LogP contribution in [0, 0.1) is 6.92 Å². The van der Waals surface area contributed by atoms with Crippen molar-refractivity contribution < 1.29 is 40.7 Å². The number of alkyl halides is 7. The first-order valence-electron chi connectivity index (χ1n) is 9.86. The minimum absolute atomic E-state index is 0.0102. The third kappa shape index (κ3) is 4.16. The molecule has 2 aromatic rings. The summed E-state index contributed by atoms with van der Waals surface area (Å²) in [6.45, 7) is 2.65. The maximum atomic E-state index is 14.5. The van der Waals surface area contributed by atoms with Crippen molar-refractivity contribution in [3.8, 4) is 0 Å². The highest BCUT2D eigenvalue weighted by molar-refractivity contribution is 6.08. The molecule has 1 aliphatic rings. The second-order valence-electron chi connectivity index (χ2n) is 7.71. The van der Waals surface area contributed by atoms with Gasteiger partial charge in [-0.2, -0.15) is 26.3 Å². The number of carbonyl (C=O) groups excluding carboxylic acids is 1. The van der Waals surface area contributed by atoms with E-state index in [1.807, 2.05) is 0 Å². The van der Waals surface area contributed by atoms with E-state index in [1.165, 1.54) is 19.9 Å². The molecular weight excluding hydrogens is 457 g/mol. The number of hydrogen-bond acceptors (Lipinski definition) is 3. The van der Waals surface area contributed by atoms with Gasteiger partial charge in [-0.05, 0) is 61.1 Å². The summed E-state index contributed by atoms with van der Waals surface area (Å²) in [6, 6.07) is 5.55. The summed E-state index contributed by atoms with van der Waals surface area (Å²) in [5.41, 5.74) is -5.25. The molecule has 2 aromatic carbocycles. The Kier molecular flexibility index (Phi) is 6.20. The minimum atomic E-state index is -6.23. The lowest BCUT2D eigenvalue weighted by atomic mass is 9.89. The molecule has 1 aliphatic carbocycles. The van der Waals surface area contributed by atoms with Crippen LogP contribution < -0.4 is 5.32 Å². The van der Waals surface area contributed by atoms with Gasteiger partial charge in [0.25, 0.3) is 5.91 Å². The first-order valence-corrected chi connectivity index (χ1v) is 9.86. The lowest BCUT2D eigenvalue weighted by Gasteiger charge is -2.31. The van der Waals surface area contributed by atoms with Crippen LogP contribution in [-0.2, 0) is 18.5 Å². The Morgan fingerprint density at radius 1 is 1.03 bits per heavy atom. The van der Waals surface area contributed by atoms with Crippen LogP contribution in [-0.4, -0.2) is 29.2 Å². The van der Waals surface area contributed by atoms with Crippen molar-refractivity contribution in [1.82, 2.24) is 0 Å². The molecule has 0 aromatic heterocycles. The van der Waals surface area contributed by atoms with E-state index < -0.39 is 29.5 Å². The van der Waals surface area contributed by atoms with E-state index in [2.05, 4.69) is 10.5 Å². The maximum absolute atomic E-state index is 14.5. The fraction of sp³-hybridized carbons (Fsp3) is 0.364. The third-order valence-corrected chi connectivity index (χ3v) is 5.65. The number of hydrogen-bond donors (Lipinski definition) is 2. The number of benzene rings is 2. The topological polar surface area (TPSA) is 61.7 Å². The molecule has 3 rings (SSSR count). The largest absolute Gasteiger partial charge is 0.435 e. The second-order valence-corrected chi connectivity index (χ2v) is 7.71. The molecule has 2 N–H and O–H groups in total. The van der Waals surface area contributed by atoms with Gasteiger partial charge in [-0.15, -0.1) is 0 Å². The van der Waals surface area contributed by atoms with Crippen molar-refractivity contribution in [2.24, 2.45) is 5.16 Å². The average molecular weight is 476 g/mol. The van der Waals surface area contributed by atoms with Gasteiger partial charge in [0.2, 0.25) is 0 Å². The number of rotatable bonds is 4. The molecule has 0 saturated carbocycles. The van der Waals surface area contributed by atoms with Gasteiger partial charge >= 0.3 is 18.0 Å². The van der Waals surface area contributed by atoms with E-state index in [-0.39, 0.29) is 28.8 Å². The Morgan fingerprint density at radius 3 is 2.21 bits per heavy atom. The number of halogens is 7. The minimum Gasteiger partial charge on any atom is -0.411 e. The van der Waals surface area contributed by atoms with Crippen molar-refractivity contribution in [1.29, 1.82) is 0 Å². The fourth-order valence-electron chi connectivity index (χ4n) is 3.91. The molecule has 0 fully saturated rings. The number of anilines is 1. The van der Waals surface area contributed by atoms with Crippen LogP contribution in [0.2, 0.25) is 0 Å². The third-order valence-electron chi connectivity index (χ3n) is 5.65. The normalized spacial score (nSPS) is 15.6. The van der Waals surface area contributed by atoms with E-state index in [1.54, 1.807) is 12.1 Å². The van der Waals surface area contributed by atoms with Crippen molar-refractivity contribution in [3.05, 3.63) is 63.7 Å². The standard InChI is InChI=1S/C22H19F7N2O2/c1-3-12-10-15(20(23,21(24,25)26)22(27,28)29)8-11(2)18(12)30-19(32)14-4-6-16-13(9-14)5-7-17(16)31-33/h4,6,8-10,33H,3,5,7H2,1-2H3,(H,30,32)/b31-17-. The molecule has 0 radical (unpaired) electrons. The average Bonchev–Trinajstić information content (AvgIpc) is 3.14. The monoisotopic (exact) mass is 476 g/mol. The van der Waals surface area contributed by atoms with Gasteiger partial charge in [-0.25, -0.2) is 4.39 Å². The van der Waals surface area contributed by atoms with Gasteiger partial charge in [0, 0.05) is 22.4 Å². The number of oxime groups is 1. The van der Waals surface area contributed by atoms with E-state index in [0.717, 1.165) is 5.56 Å². The van der Waals surface area contributed by atoms with E-state index in [0.29, 0.717) is 36.2 Å². The van der Waals surface area contributed by atoms with E-state index in [4.69, 9.17) is 5.21 Å². The molecule has 0 bridgehead atoms. The summed E-state index contributed by atoms with van der Waals surface area (Å²) in [7, 11) is 0. The van der Waals surface area contributed by atoms with Crippen LogP contribution in [0.25, 0.3) is 0 Å². The molecule has 0 unspecified atom stereocenters. The smallest absolute Gasteiger partial charge is 0.411 e. The number of aryl methyl sites for hydroxylation is 3. The van der Waals surface area contributed by atoms with Gasteiger partial charge in [0.15, 0.2) is 0 Å². The van der Waals surface area contributed by atoms with Gasteiger partial charge in [0.1, 0.15) is 0 Å². The molecule has 0 saturated heterocycles. The Balaban J connectivity index is 2.00. The molecule has 1 amide bonds. The molecule has 33 heavy (non-hydrogen) atoms. The van der Waals surface area contributed by atoms with Crippen LogP contribution in [0.4, 0.5) is 36.4 Å². The zero-order valence-corrected chi connectivity index (χ0v) is 17.5. The highest BCUT2D eigenvalue weighted by Crippen LogP contribution is 2.53. The molecule has 11 heteroatoms. The summed E-state index contributed by atoms with van der Waals surface area (Å²) in [6.07, 6.45) is -11.5. The first-order chi connectivity index (χ1) is 15.2. The maximum Gasteiger partial charge on any atom is 0.435 e. The van der Waals surface area contributed by atoms with Crippen LogP contribution in [0.5, 0.6) is 0 Å². The second kappa shape index (κ2) is 8.35. The van der Waals surface area contributed by atoms with Gasteiger partial charge in [-0.3, -0.25) is 4.79 Å². The zero-order valence-electron chi connectivity index (χ0n) is 17.5. The van der Waals surface area contributed by atoms with E-state index >= 15 is 0 Å². The Morgan fingerprint density at radius 2 is 1.67 bits per heavy atom. The lowest BCUT2D eigenvalue weighted by molar-refractivity contribution is -0.348. The van der Waals surface area contributed by atoms with Crippen LogP contribution in [0.15, 0.2) is 35.5 Å². The Bertz CT molecular complexity index is 1110. The molecule has 178 valence electrons. The molecular formula is C22H19F7N2O2. The molecule has 0 aliphatic heterocycles. The molecule has 0 atom stereocenters. The number of nitrogens with one attached hydrogen (secondary N) is 1. The van der Waals surface area contributed by atoms with Gasteiger partial charge in [-0.1, -0.05) is 24.2 Å². The predicted molar refractivity (Wildman–Crippen MR) is 106 cm³/mol. The van der Waals surface area contributed by atoms with Crippen LogP contribution >= 0.6 is 0 Å². The summed E-state index contributed by atoms with van der Waals surface area (Å²) in [4.78, 5) is 12.8. The SMILES string of the molecule is CCc1cc(C(F)(C(F)(F)F)C(F)(F)F)cc(C)c1NC(=O)c1ccc2c(c1)CC/C2=N/O. The molecule has 0 spiro atoms. The quantitative estimate of drug-likeness (QED) is 0.313. The summed E-state index contributed by atoms with van der Waals surface area (Å²) < 4.78 is 93.5. The van der Waals surface area contributed by atoms with Crippen LogP contribution in [0.1, 0.15) is 51.5 Å².